The first-order chi connectivity index (χ1) is 9.72. The predicted molar refractivity (Wildman–Crippen MR) is 79.5 cm³/mol. The Labute approximate surface area is 122 Å². The highest BCUT2D eigenvalue weighted by atomic mass is 32.1. The van der Waals surface area contributed by atoms with E-state index < -0.39 is 0 Å². The zero-order valence-electron chi connectivity index (χ0n) is 11.7. The lowest BCUT2D eigenvalue weighted by molar-refractivity contribution is -0.0423. The van der Waals surface area contributed by atoms with Crippen LogP contribution in [0.3, 0.4) is 0 Å². The van der Waals surface area contributed by atoms with Gasteiger partial charge in [0.1, 0.15) is 0 Å². The molecule has 20 heavy (non-hydrogen) atoms. The Balaban J connectivity index is 1.95. The SMILES string of the molecule is CNCc1c(N2CC(C)OC(CO)C2)nc2sccn12. The Morgan fingerprint density at radius 3 is 3.15 bits per heavy atom. The van der Waals surface area contributed by atoms with Gasteiger partial charge in [-0.05, 0) is 14.0 Å². The second-order valence-electron chi connectivity index (χ2n) is 5.12. The molecule has 1 aliphatic heterocycles. The van der Waals surface area contributed by atoms with Gasteiger partial charge in [-0.15, -0.1) is 11.3 Å². The molecule has 2 atom stereocenters. The zero-order valence-corrected chi connectivity index (χ0v) is 12.6. The average molecular weight is 296 g/mol. The van der Waals surface area contributed by atoms with E-state index in [0.29, 0.717) is 6.54 Å². The van der Waals surface area contributed by atoms with Crippen molar-refractivity contribution in [1.82, 2.24) is 14.7 Å². The van der Waals surface area contributed by atoms with E-state index in [1.54, 1.807) is 11.3 Å². The minimum Gasteiger partial charge on any atom is -0.394 e. The van der Waals surface area contributed by atoms with Gasteiger partial charge < -0.3 is 20.1 Å². The Kier molecular flexibility index (Phi) is 3.93. The van der Waals surface area contributed by atoms with Crippen molar-refractivity contribution in [3.63, 3.8) is 0 Å². The fourth-order valence-corrected chi connectivity index (χ4v) is 3.45. The second kappa shape index (κ2) is 5.69. The molecular weight excluding hydrogens is 276 g/mol. The van der Waals surface area contributed by atoms with Crippen LogP contribution in [0.4, 0.5) is 5.82 Å². The number of nitrogens with zero attached hydrogens (tertiary/aromatic N) is 3. The first-order valence-corrected chi connectivity index (χ1v) is 7.71. The fourth-order valence-electron chi connectivity index (χ4n) is 2.73. The van der Waals surface area contributed by atoms with Crippen LogP contribution in [0.25, 0.3) is 4.96 Å². The lowest BCUT2D eigenvalue weighted by Crippen LogP contribution is -2.48. The standard InChI is InChI=1S/C13H20N4O2S/c1-9-6-16(7-10(8-18)19-9)12-11(5-14-2)17-3-4-20-13(17)15-12/h3-4,9-10,14,18H,5-8H2,1-2H3. The maximum Gasteiger partial charge on any atom is 0.195 e. The van der Waals surface area contributed by atoms with Crippen LogP contribution in [0.1, 0.15) is 12.6 Å². The molecule has 0 spiro atoms. The molecule has 2 aromatic rings. The molecule has 0 aromatic carbocycles. The molecule has 2 aromatic heterocycles. The molecule has 0 bridgehead atoms. The lowest BCUT2D eigenvalue weighted by atomic mass is 10.2. The Morgan fingerprint density at radius 1 is 1.55 bits per heavy atom. The zero-order chi connectivity index (χ0) is 14.1. The van der Waals surface area contributed by atoms with E-state index in [4.69, 9.17) is 9.72 Å². The minimum absolute atomic E-state index is 0.0461. The van der Waals surface area contributed by atoms with Gasteiger partial charge in [0.25, 0.3) is 0 Å². The number of aromatic nitrogens is 2. The van der Waals surface area contributed by atoms with Crippen LogP contribution in [0.2, 0.25) is 0 Å². The van der Waals surface area contributed by atoms with E-state index in [2.05, 4.69) is 20.8 Å². The van der Waals surface area contributed by atoms with Crippen LogP contribution in [-0.4, -0.2) is 53.4 Å². The summed E-state index contributed by atoms with van der Waals surface area (Å²) in [5.74, 6) is 1.000. The van der Waals surface area contributed by atoms with E-state index in [1.165, 1.54) is 0 Å². The largest absolute Gasteiger partial charge is 0.394 e. The topological polar surface area (TPSA) is 62.0 Å². The number of imidazole rings is 1. The molecule has 1 saturated heterocycles. The number of hydrogen-bond acceptors (Lipinski definition) is 6. The van der Waals surface area contributed by atoms with Crippen LogP contribution in [-0.2, 0) is 11.3 Å². The number of rotatable bonds is 4. The number of nitrogens with one attached hydrogen (secondary N) is 1. The van der Waals surface area contributed by atoms with Gasteiger partial charge in [-0.3, -0.25) is 4.40 Å². The van der Waals surface area contributed by atoms with Crippen molar-refractivity contribution in [2.24, 2.45) is 0 Å². The number of morpholine rings is 1. The molecule has 110 valence electrons. The number of ether oxygens (including phenoxy) is 1. The summed E-state index contributed by atoms with van der Waals surface area (Å²) in [6.45, 7) is 4.33. The van der Waals surface area contributed by atoms with Gasteiger partial charge in [-0.25, -0.2) is 4.98 Å². The van der Waals surface area contributed by atoms with Gasteiger partial charge in [0.05, 0.1) is 24.5 Å². The van der Waals surface area contributed by atoms with Crippen LogP contribution >= 0.6 is 11.3 Å². The number of aliphatic hydroxyl groups excluding tert-OH is 1. The molecule has 0 saturated carbocycles. The van der Waals surface area contributed by atoms with Crippen molar-refractivity contribution < 1.29 is 9.84 Å². The summed E-state index contributed by atoms with van der Waals surface area (Å²) < 4.78 is 7.83. The van der Waals surface area contributed by atoms with Crippen molar-refractivity contribution in [2.75, 3.05) is 31.6 Å². The molecule has 7 heteroatoms. The molecule has 3 heterocycles. The highest BCUT2D eigenvalue weighted by Crippen LogP contribution is 2.27. The van der Waals surface area contributed by atoms with Gasteiger partial charge in [0, 0.05) is 31.2 Å². The quantitative estimate of drug-likeness (QED) is 0.870. The number of fused-ring (bicyclic) bond motifs is 1. The molecule has 6 nitrogen and oxygen atoms in total. The van der Waals surface area contributed by atoms with Crippen LogP contribution in [0.5, 0.6) is 0 Å². The monoisotopic (exact) mass is 296 g/mol. The molecular formula is C13H20N4O2S. The maximum absolute atomic E-state index is 9.36. The molecule has 0 amide bonds. The van der Waals surface area contributed by atoms with E-state index in [-0.39, 0.29) is 18.8 Å². The smallest absolute Gasteiger partial charge is 0.195 e. The Bertz CT molecular complexity index is 582. The summed E-state index contributed by atoms with van der Waals surface area (Å²) >= 11 is 1.64. The molecule has 3 rings (SSSR count). The highest BCUT2D eigenvalue weighted by Gasteiger charge is 2.28. The summed E-state index contributed by atoms with van der Waals surface area (Å²) in [5, 5.41) is 14.6. The highest BCUT2D eigenvalue weighted by molar-refractivity contribution is 7.15. The van der Waals surface area contributed by atoms with Gasteiger partial charge >= 0.3 is 0 Å². The first-order valence-electron chi connectivity index (χ1n) is 6.83. The van der Waals surface area contributed by atoms with Crippen molar-refractivity contribution in [3.8, 4) is 0 Å². The molecule has 1 fully saturated rings. The van der Waals surface area contributed by atoms with Crippen molar-refractivity contribution >= 4 is 22.1 Å². The maximum atomic E-state index is 9.36. The molecule has 0 aliphatic carbocycles. The van der Waals surface area contributed by atoms with Crippen LogP contribution < -0.4 is 10.2 Å². The number of hydrogen-bond donors (Lipinski definition) is 2. The molecule has 2 N–H and O–H groups in total. The Hall–Kier alpha value is -1.15. The number of aliphatic hydroxyl groups is 1. The first kappa shape index (κ1) is 13.8. The predicted octanol–water partition coefficient (Wildman–Crippen LogP) is 0.701. The third kappa shape index (κ3) is 2.42. The average Bonchev–Trinajstić information content (AvgIpc) is 3.01. The molecule has 0 radical (unpaired) electrons. The third-order valence-electron chi connectivity index (χ3n) is 3.51. The van der Waals surface area contributed by atoms with E-state index >= 15 is 0 Å². The van der Waals surface area contributed by atoms with Gasteiger partial charge in [-0.1, -0.05) is 0 Å². The third-order valence-corrected chi connectivity index (χ3v) is 4.27. The molecule has 2 unspecified atom stereocenters. The summed E-state index contributed by atoms with van der Waals surface area (Å²) in [7, 11) is 1.94. The van der Waals surface area contributed by atoms with E-state index in [9.17, 15) is 5.11 Å². The summed E-state index contributed by atoms with van der Waals surface area (Å²) in [6.07, 6.45) is 2.01. The van der Waals surface area contributed by atoms with Crippen molar-refractivity contribution in [2.45, 2.75) is 25.7 Å². The lowest BCUT2D eigenvalue weighted by Gasteiger charge is -2.36. The van der Waals surface area contributed by atoms with Crippen molar-refractivity contribution in [1.29, 1.82) is 0 Å². The second-order valence-corrected chi connectivity index (χ2v) is 6.00. The molecule has 1 aliphatic rings. The van der Waals surface area contributed by atoms with Crippen LogP contribution in [0.15, 0.2) is 11.6 Å². The van der Waals surface area contributed by atoms with Gasteiger partial charge in [-0.2, -0.15) is 0 Å². The number of thiazole rings is 1. The van der Waals surface area contributed by atoms with Gasteiger partial charge in [0.2, 0.25) is 0 Å². The van der Waals surface area contributed by atoms with Crippen molar-refractivity contribution in [3.05, 3.63) is 17.3 Å². The van der Waals surface area contributed by atoms with Gasteiger partial charge in [0.15, 0.2) is 10.8 Å². The summed E-state index contributed by atoms with van der Waals surface area (Å²) in [4.78, 5) is 7.98. The summed E-state index contributed by atoms with van der Waals surface area (Å²) in [5.41, 5.74) is 1.16. The normalized spacial score (nSPS) is 23.6. The fraction of sp³-hybridized carbons (Fsp3) is 0.615. The Morgan fingerprint density at radius 2 is 2.40 bits per heavy atom. The van der Waals surface area contributed by atoms with Crippen LogP contribution in [0, 0.1) is 0 Å². The summed E-state index contributed by atoms with van der Waals surface area (Å²) in [6, 6.07) is 0. The van der Waals surface area contributed by atoms with E-state index in [0.717, 1.165) is 29.6 Å². The number of anilines is 1. The minimum atomic E-state index is -0.138. The van der Waals surface area contributed by atoms with E-state index in [1.807, 2.05) is 19.4 Å².